The van der Waals surface area contributed by atoms with Crippen LogP contribution in [0.5, 0.6) is 0 Å². The van der Waals surface area contributed by atoms with Crippen LogP contribution in [0.1, 0.15) is 22.4 Å². The van der Waals surface area contributed by atoms with Gasteiger partial charge in [-0.05, 0) is 42.7 Å². The molecule has 4 heteroatoms. The average Bonchev–Trinajstić information content (AvgIpc) is 2.88. The van der Waals surface area contributed by atoms with Gasteiger partial charge < -0.3 is 0 Å². The number of pyridine rings is 1. The van der Waals surface area contributed by atoms with Crippen molar-refractivity contribution in [2.75, 3.05) is 0 Å². The van der Waals surface area contributed by atoms with E-state index in [2.05, 4.69) is 9.98 Å². The van der Waals surface area contributed by atoms with Crippen molar-refractivity contribution in [3.05, 3.63) is 58.9 Å². The van der Waals surface area contributed by atoms with E-state index in [1.165, 1.54) is 5.56 Å². The molecule has 3 rings (SSSR count). The highest BCUT2D eigenvalue weighted by atomic mass is 32.2. The van der Waals surface area contributed by atoms with Gasteiger partial charge in [0, 0.05) is 12.6 Å². The smallest absolute Gasteiger partial charge is 0.110 e. The van der Waals surface area contributed by atoms with Crippen LogP contribution in [-0.4, -0.2) is 14.2 Å². The predicted molar refractivity (Wildman–Crippen MR) is 82.8 cm³/mol. The summed E-state index contributed by atoms with van der Waals surface area (Å²) in [5.74, 6) is 0.445. The van der Waals surface area contributed by atoms with Gasteiger partial charge in [0.05, 0.1) is 27.9 Å². The molecule has 1 aromatic heterocycles. The van der Waals surface area contributed by atoms with Gasteiger partial charge in [-0.1, -0.05) is 18.2 Å². The van der Waals surface area contributed by atoms with E-state index in [-0.39, 0.29) is 0 Å². The summed E-state index contributed by atoms with van der Waals surface area (Å²) < 4.78 is 12.5. The molecule has 1 aliphatic rings. The standard InChI is InChI=1S/C16H16N2OS/c1-11-7-8-17-15(12(11)2)10-20(19)16-9-13-5-3-4-6-14(13)18-16/h3-8H,9-10H2,1-2H3. The Hall–Kier alpha value is -1.81. The number of benzene rings is 1. The molecule has 2 heterocycles. The van der Waals surface area contributed by atoms with Gasteiger partial charge in [0.15, 0.2) is 0 Å². The Kier molecular flexibility index (Phi) is 3.49. The first-order valence-electron chi connectivity index (χ1n) is 6.60. The van der Waals surface area contributed by atoms with Crippen LogP contribution < -0.4 is 0 Å². The lowest BCUT2D eigenvalue weighted by Crippen LogP contribution is -2.11. The predicted octanol–water partition coefficient (Wildman–Crippen LogP) is 3.23. The number of rotatable bonds is 2. The van der Waals surface area contributed by atoms with E-state index in [1.807, 2.05) is 44.2 Å². The molecule has 1 unspecified atom stereocenters. The van der Waals surface area contributed by atoms with Gasteiger partial charge >= 0.3 is 0 Å². The molecule has 0 saturated carbocycles. The topological polar surface area (TPSA) is 42.3 Å². The molecule has 0 fully saturated rings. The minimum Gasteiger partial charge on any atom is -0.260 e. The van der Waals surface area contributed by atoms with Crippen molar-refractivity contribution in [2.45, 2.75) is 26.0 Å². The quantitative estimate of drug-likeness (QED) is 0.849. The first-order chi connectivity index (χ1) is 9.65. The molecule has 20 heavy (non-hydrogen) atoms. The number of aromatic nitrogens is 1. The van der Waals surface area contributed by atoms with Crippen LogP contribution in [0.25, 0.3) is 0 Å². The monoisotopic (exact) mass is 284 g/mol. The van der Waals surface area contributed by atoms with Crippen LogP contribution in [0.4, 0.5) is 5.69 Å². The molecule has 0 saturated heterocycles. The molecule has 1 atom stereocenters. The summed E-state index contributed by atoms with van der Waals surface area (Å²) in [6.45, 7) is 4.08. The van der Waals surface area contributed by atoms with E-state index in [9.17, 15) is 4.21 Å². The van der Waals surface area contributed by atoms with E-state index in [0.29, 0.717) is 12.2 Å². The van der Waals surface area contributed by atoms with E-state index >= 15 is 0 Å². The van der Waals surface area contributed by atoms with Crippen molar-refractivity contribution >= 4 is 21.5 Å². The van der Waals surface area contributed by atoms with Crippen LogP contribution in [-0.2, 0) is 23.0 Å². The molecule has 2 aromatic rings. The van der Waals surface area contributed by atoms with E-state index in [4.69, 9.17) is 0 Å². The number of aliphatic imine (C=N–C) groups is 1. The van der Waals surface area contributed by atoms with Gasteiger partial charge in [-0.25, -0.2) is 4.99 Å². The largest absolute Gasteiger partial charge is 0.260 e. The molecule has 1 aromatic carbocycles. The lowest BCUT2D eigenvalue weighted by Gasteiger charge is -2.07. The van der Waals surface area contributed by atoms with Gasteiger partial charge in [-0.3, -0.25) is 9.19 Å². The van der Waals surface area contributed by atoms with Crippen molar-refractivity contribution < 1.29 is 4.21 Å². The molecule has 102 valence electrons. The number of nitrogens with zero attached hydrogens (tertiary/aromatic N) is 2. The fraction of sp³-hybridized carbons (Fsp3) is 0.250. The lowest BCUT2D eigenvalue weighted by molar-refractivity contribution is 0.688. The van der Waals surface area contributed by atoms with Gasteiger partial charge in [-0.2, -0.15) is 0 Å². The summed E-state index contributed by atoms with van der Waals surface area (Å²) in [5.41, 5.74) is 5.32. The number of fused-ring (bicyclic) bond motifs is 1. The Labute approximate surface area is 121 Å². The maximum absolute atomic E-state index is 12.5. The van der Waals surface area contributed by atoms with E-state index in [1.54, 1.807) is 6.20 Å². The summed E-state index contributed by atoms with van der Waals surface area (Å²) in [5, 5.41) is 0.758. The number of hydrogen-bond acceptors (Lipinski definition) is 3. The van der Waals surface area contributed by atoms with Crippen molar-refractivity contribution in [1.29, 1.82) is 0 Å². The van der Waals surface area contributed by atoms with E-state index in [0.717, 1.165) is 27.6 Å². The SMILES string of the molecule is Cc1ccnc(CS(=O)C2=Nc3ccccc3C2)c1C. The molecular weight excluding hydrogens is 268 g/mol. The van der Waals surface area contributed by atoms with Gasteiger partial charge in [0.2, 0.25) is 0 Å². The van der Waals surface area contributed by atoms with Crippen LogP contribution >= 0.6 is 0 Å². The number of aryl methyl sites for hydroxylation is 1. The summed E-state index contributed by atoms with van der Waals surface area (Å²) in [6.07, 6.45) is 2.47. The molecule has 1 aliphatic heterocycles. The van der Waals surface area contributed by atoms with Crippen molar-refractivity contribution in [3.63, 3.8) is 0 Å². The molecule has 0 radical (unpaired) electrons. The lowest BCUT2D eigenvalue weighted by atomic mass is 10.1. The molecule has 0 N–H and O–H groups in total. The molecule has 0 amide bonds. The second-order valence-corrected chi connectivity index (χ2v) is 6.45. The first kappa shape index (κ1) is 13.2. The zero-order valence-electron chi connectivity index (χ0n) is 11.6. The second kappa shape index (κ2) is 5.29. The minimum absolute atomic E-state index is 0.445. The average molecular weight is 284 g/mol. The summed E-state index contributed by atoms with van der Waals surface area (Å²) in [6, 6.07) is 9.94. The fourth-order valence-electron chi connectivity index (χ4n) is 2.28. The third-order valence-corrected chi connectivity index (χ3v) is 4.99. The van der Waals surface area contributed by atoms with Crippen molar-refractivity contribution in [2.24, 2.45) is 4.99 Å². The highest BCUT2D eigenvalue weighted by Crippen LogP contribution is 2.27. The Morgan fingerprint density at radius 2 is 2.00 bits per heavy atom. The maximum Gasteiger partial charge on any atom is 0.110 e. The van der Waals surface area contributed by atoms with Crippen LogP contribution in [0.3, 0.4) is 0 Å². The first-order valence-corrected chi connectivity index (χ1v) is 7.92. The van der Waals surface area contributed by atoms with Crippen LogP contribution in [0.2, 0.25) is 0 Å². The van der Waals surface area contributed by atoms with Gasteiger partial charge in [0.1, 0.15) is 5.04 Å². The maximum atomic E-state index is 12.5. The fourth-order valence-corrected chi connectivity index (χ4v) is 3.50. The van der Waals surface area contributed by atoms with Gasteiger partial charge in [-0.15, -0.1) is 0 Å². The Bertz CT molecular complexity index is 722. The van der Waals surface area contributed by atoms with Crippen molar-refractivity contribution in [3.8, 4) is 0 Å². The summed E-state index contributed by atoms with van der Waals surface area (Å²) in [7, 11) is -1.10. The molecular formula is C16H16N2OS. The normalized spacial score (nSPS) is 14.8. The number of para-hydroxylation sites is 1. The Balaban J connectivity index is 1.81. The third-order valence-electron chi connectivity index (χ3n) is 3.69. The Morgan fingerprint density at radius 1 is 1.20 bits per heavy atom. The summed E-state index contributed by atoms with van der Waals surface area (Å²) >= 11 is 0. The molecule has 0 spiro atoms. The van der Waals surface area contributed by atoms with Gasteiger partial charge in [0.25, 0.3) is 0 Å². The zero-order valence-corrected chi connectivity index (χ0v) is 12.4. The highest BCUT2D eigenvalue weighted by Gasteiger charge is 2.20. The molecule has 3 nitrogen and oxygen atoms in total. The summed E-state index contributed by atoms with van der Waals surface area (Å²) in [4.78, 5) is 8.84. The second-order valence-electron chi connectivity index (χ2n) is 5.00. The zero-order chi connectivity index (χ0) is 14.1. The van der Waals surface area contributed by atoms with E-state index < -0.39 is 10.8 Å². The van der Waals surface area contributed by atoms with Crippen LogP contribution in [0, 0.1) is 13.8 Å². The molecule has 0 aliphatic carbocycles. The third kappa shape index (κ3) is 2.43. The van der Waals surface area contributed by atoms with Crippen molar-refractivity contribution in [1.82, 2.24) is 4.98 Å². The minimum atomic E-state index is -1.10. The highest BCUT2D eigenvalue weighted by molar-refractivity contribution is 8.00. The molecule has 0 bridgehead atoms. The Morgan fingerprint density at radius 3 is 2.80 bits per heavy atom. The van der Waals surface area contributed by atoms with Crippen LogP contribution in [0.15, 0.2) is 41.5 Å². The number of hydrogen-bond donors (Lipinski definition) is 0.